The Kier molecular flexibility index (Phi) is 5.14. The number of aliphatic hydroxyl groups excluding tert-OH is 1. The van der Waals surface area contributed by atoms with Gasteiger partial charge in [-0.05, 0) is 29.5 Å². The highest BCUT2D eigenvalue weighted by Crippen LogP contribution is 2.34. The molecule has 5 nitrogen and oxygen atoms in total. The van der Waals surface area contributed by atoms with E-state index < -0.39 is 18.0 Å². The number of nitrogens with one attached hydrogen (secondary N) is 1. The third kappa shape index (κ3) is 4.06. The van der Waals surface area contributed by atoms with Crippen LogP contribution in [-0.2, 0) is 9.59 Å². The number of benzene rings is 2. The minimum atomic E-state index is -0.845. The summed E-state index contributed by atoms with van der Waals surface area (Å²) in [6.07, 6.45) is -0.0318. The molecule has 1 atom stereocenters. The van der Waals surface area contributed by atoms with Crippen LogP contribution in [0.25, 0.3) is 11.1 Å². The van der Waals surface area contributed by atoms with Gasteiger partial charge in [-0.15, -0.1) is 0 Å². The number of amides is 1. The summed E-state index contributed by atoms with van der Waals surface area (Å²) in [7, 11) is 0. The maximum atomic E-state index is 12.0. The standard InChI is InChI=1S/C20H21NO4/c22-18(12-21-19(23)16-10-17(11-16)20(24)25)15-8-6-14(7-9-15)13-4-2-1-3-5-13/h1-9,16-18,22H,10-12H2,(H,21,23)(H,24,25). The Balaban J connectivity index is 1.51. The normalized spacial score (nSPS) is 20.4. The van der Waals surface area contributed by atoms with Gasteiger partial charge in [0.05, 0.1) is 12.0 Å². The van der Waals surface area contributed by atoms with Crippen LogP contribution in [0.5, 0.6) is 0 Å². The van der Waals surface area contributed by atoms with Gasteiger partial charge in [-0.3, -0.25) is 9.59 Å². The van der Waals surface area contributed by atoms with Gasteiger partial charge in [0.2, 0.25) is 5.91 Å². The molecule has 3 N–H and O–H groups in total. The molecule has 2 aromatic carbocycles. The second-order valence-corrected chi connectivity index (χ2v) is 6.45. The smallest absolute Gasteiger partial charge is 0.306 e. The predicted molar refractivity (Wildman–Crippen MR) is 93.7 cm³/mol. The first-order valence-electron chi connectivity index (χ1n) is 8.38. The summed E-state index contributed by atoms with van der Waals surface area (Å²) in [5.41, 5.74) is 2.90. The Morgan fingerprint density at radius 1 is 0.960 bits per heavy atom. The molecule has 1 amide bonds. The molecule has 0 aromatic heterocycles. The van der Waals surface area contributed by atoms with Crippen molar-refractivity contribution in [3.8, 4) is 11.1 Å². The van der Waals surface area contributed by atoms with Gasteiger partial charge in [-0.2, -0.15) is 0 Å². The summed E-state index contributed by atoms with van der Waals surface area (Å²) in [6, 6.07) is 17.5. The first kappa shape index (κ1) is 17.2. The van der Waals surface area contributed by atoms with E-state index >= 15 is 0 Å². The molecule has 0 radical (unpaired) electrons. The Morgan fingerprint density at radius 3 is 2.16 bits per heavy atom. The molecule has 2 aromatic rings. The molecule has 1 saturated carbocycles. The number of carboxylic acids is 1. The number of hydrogen-bond donors (Lipinski definition) is 3. The van der Waals surface area contributed by atoms with Crippen molar-refractivity contribution in [2.45, 2.75) is 18.9 Å². The third-order valence-corrected chi connectivity index (χ3v) is 4.73. The van der Waals surface area contributed by atoms with E-state index in [1.54, 1.807) is 0 Å². The summed E-state index contributed by atoms with van der Waals surface area (Å²) >= 11 is 0. The maximum Gasteiger partial charge on any atom is 0.306 e. The van der Waals surface area contributed by atoms with Gasteiger partial charge < -0.3 is 15.5 Å². The highest BCUT2D eigenvalue weighted by molar-refractivity contribution is 5.82. The quantitative estimate of drug-likeness (QED) is 0.755. The minimum absolute atomic E-state index is 0.123. The largest absolute Gasteiger partial charge is 0.481 e. The van der Waals surface area contributed by atoms with E-state index in [1.165, 1.54) is 0 Å². The first-order chi connectivity index (χ1) is 12.0. The molecule has 1 aliphatic carbocycles. The average Bonchev–Trinajstić information content (AvgIpc) is 2.59. The van der Waals surface area contributed by atoms with Gasteiger partial charge in [0.15, 0.2) is 0 Å². The van der Waals surface area contributed by atoms with Crippen LogP contribution in [0.3, 0.4) is 0 Å². The lowest BCUT2D eigenvalue weighted by Crippen LogP contribution is -2.42. The zero-order valence-corrected chi connectivity index (χ0v) is 13.8. The number of carbonyl (C=O) groups excluding carboxylic acids is 1. The van der Waals surface area contributed by atoms with E-state index in [4.69, 9.17) is 5.11 Å². The second kappa shape index (κ2) is 7.49. The van der Waals surface area contributed by atoms with Crippen molar-refractivity contribution in [1.29, 1.82) is 0 Å². The second-order valence-electron chi connectivity index (χ2n) is 6.45. The molecule has 3 rings (SSSR count). The lowest BCUT2D eigenvalue weighted by atomic mass is 9.74. The van der Waals surface area contributed by atoms with Crippen LogP contribution in [0.4, 0.5) is 0 Å². The number of carbonyl (C=O) groups is 2. The molecule has 25 heavy (non-hydrogen) atoms. The minimum Gasteiger partial charge on any atom is -0.481 e. The zero-order valence-electron chi connectivity index (χ0n) is 13.8. The van der Waals surface area contributed by atoms with E-state index in [9.17, 15) is 14.7 Å². The maximum absolute atomic E-state index is 12.0. The summed E-state index contributed by atoms with van der Waals surface area (Å²) in [5.74, 6) is -1.69. The SMILES string of the molecule is O=C(O)C1CC(C(=O)NCC(O)c2ccc(-c3ccccc3)cc2)C1. The van der Waals surface area contributed by atoms with Crippen LogP contribution in [0, 0.1) is 11.8 Å². The molecule has 130 valence electrons. The Bertz CT molecular complexity index is 736. The van der Waals surface area contributed by atoms with Crippen molar-refractivity contribution in [1.82, 2.24) is 5.32 Å². The van der Waals surface area contributed by atoms with E-state index in [-0.39, 0.29) is 18.4 Å². The molecular weight excluding hydrogens is 318 g/mol. The Hall–Kier alpha value is -2.66. The van der Waals surface area contributed by atoms with Crippen molar-refractivity contribution < 1.29 is 19.8 Å². The van der Waals surface area contributed by atoms with Crippen molar-refractivity contribution in [3.63, 3.8) is 0 Å². The van der Waals surface area contributed by atoms with Crippen LogP contribution < -0.4 is 5.32 Å². The Morgan fingerprint density at radius 2 is 1.56 bits per heavy atom. The number of rotatable bonds is 6. The fourth-order valence-corrected chi connectivity index (χ4v) is 3.02. The highest BCUT2D eigenvalue weighted by atomic mass is 16.4. The Labute approximate surface area is 146 Å². The number of aliphatic hydroxyl groups is 1. The molecule has 0 saturated heterocycles. The van der Waals surface area contributed by atoms with Gasteiger partial charge in [0.1, 0.15) is 0 Å². The fraction of sp³-hybridized carbons (Fsp3) is 0.300. The zero-order chi connectivity index (χ0) is 17.8. The summed E-state index contributed by atoms with van der Waals surface area (Å²) in [6.45, 7) is 0.123. The van der Waals surface area contributed by atoms with Crippen molar-refractivity contribution in [2.75, 3.05) is 6.54 Å². The first-order valence-corrected chi connectivity index (χ1v) is 8.38. The van der Waals surface area contributed by atoms with E-state index in [0.717, 1.165) is 16.7 Å². The van der Waals surface area contributed by atoms with Crippen LogP contribution in [-0.4, -0.2) is 28.6 Å². The molecular formula is C20H21NO4. The molecule has 0 spiro atoms. The van der Waals surface area contributed by atoms with Crippen LogP contribution in [0.2, 0.25) is 0 Å². The number of aliphatic carboxylic acids is 1. The lowest BCUT2D eigenvalue weighted by molar-refractivity contribution is -0.148. The molecule has 1 aliphatic rings. The highest BCUT2D eigenvalue weighted by Gasteiger charge is 2.38. The fourth-order valence-electron chi connectivity index (χ4n) is 3.02. The van der Waals surface area contributed by atoms with Crippen molar-refractivity contribution >= 4 is 11.9 Å². The monoisotopic (exact) mass is 339 g/mol. The number of carboxylic acid groups (broad SMARTS) is 1. The van der Waals surface area contributed by atoms with Crippen LogP contribution in [0.1, 0.15) is 24.5 Å². The average molecular weight is 339 g/mol. The third-order valence-electron chi connectivity index (χ3n) is 4.73. The van der Waals surface area contributed by atoms with Crippen LogP contribution >= 0.6 is 0 Å². The summed E-state index contributed by atoms with van der Waals surface area (Å²) in [4.78, 5) is 22.7. The van der Waals surface area contributed by atoms with Gasteiger partial charge in [-0.25, -0.2) is 0 Å². The van der Waals surface area contributed by atoms with E-state index in [1.807, 2.05) is 54.6 Å². The summed E-state index contributed by atoms with van der Waals surface area (Å²) in [5, 5.41) is 21.8. The number of hydrogen-bond acceptors (Lipinski definition) is 3. The molecule has 5 heteroatoms. The van der Waals surface area contributed by atoms with Gasteiger partial charge in [0, 0.05) is 12.5 Å². The van der Waals surface area contributed by atoms with Crippen LogP contribution in [0.15, 0.2) is 54.6 Å². The topological polar surface area (TPSA) is 86.6 Å². The van der Waals surface area contributed by atoms with Gasteiger partial charge in [-0.1, -0.05) is 54.6 Å². The van der Waals surface area contributed by atoms with Gasteiger partial charge >= 0.3 is 5.97 Å². The lowest BCUT2D eigenvalue weighted by Gasteiger charge is -2.31. The molecule has 0 bridgehead atoms. The summed E-state index contributed by atoms with van der Waals surface area (Å²) < 4.78 is 0. The van der Waals surface area contributed by atoms with Gasteiger partial charge in [0.25, 0.3) is 0 Å². The molecule has 1 fully saturated rings. The van der Waals surface area contributed by atoms with Crippen molar-refractivity contribution in [2.24, 2.45) is 11.8 Å². The molecule has 1 unspecified atom stereocenters. The predicted octanol–water partition coefficient (Wildman–Crippen LogP) is 2.61. The molecule has 0 heterocycles. The molecule has 0 aliphatic heterocycles. The van der Waals surface area contributed by atoms with E-state index in [2.05, 4.69) is 5.32 Å². The van der Waals surface area contributed by atoms with Crippen molar-refractivity contribution in [3.05, 3.63) is 60.2 Å². The van der Waals surface area contributed by atoms with E-state index in [0.29, 0.717) is 12.8 Å².